The number of carbonyl (C=O) groups is 1. The summed E-state index contributed by atoms with van der Waals surface area (Å²) in [5.74, 6) is -0.314. The minimum Gasteiger partial charge on any atom is -0.396 e. The van der Waals surface area contributed by atoms with Gasteiger partial charge in [-0.1, -0.05) is 12.6 Å². The standard InChI is InChI=1S/C8H8N2O/c1-6(9)8(11)7-4-2-3-5-10-7/h2-5H,1,9H2. The summed E-state index contributed by atoms with van der Waals surface area (Å²) in [5.41, 5.74) is 5.53. The lowest BCUT2D eigenvalue weighted by molar-refractivity contribution is 0.102. The number of hydrogen-bond donors (Lipinski definition) is 1. The van der Waals surface area contributed by atoms with Crippen LogP contribution in [0.5, 0.6) is 0 Å². The SMILES string of the molecule is C=C(N)C(=O)c1ccccn1. The zero-order valence-electron chi connectivity index (χ0n) is 5.95. The van der Waals surface area contributed by atoms with Crippen molar-refractivity contribution in [2.24, 2.45) is 5.73 Å². The first-order valence-electron chi connectivity index (χ1n) is 3.12. The molecule has 56 valence electrons. The van der Waals surface area contributed by atoms with Gasteiger partial charge in [-0.05, 0) is 12.1 Å². The fourth-order valence-corrected chi connectivity index (χ4v) is 0.662. The minimum atomic E-state index is -0.314. The average Bonchev–Trinajstić information content (AvgIpc) is 2.05. The minimum absolute atomic E-state index is 0.0173. The molecule has 0 radical (unpaired) electrons. The molecule has 0 aromatic carbocycles. The first kappa shape index (κ1) is 7.47. The molecular formula is C8H8N2O. The molecule has 2 N–H and O–H groups in total. The number of allylic oxidation sites excluding steroid dienone is 1. The second-order valence-electron chi connectivity index (χ2n) is 2.07. The topological polar surface area (TPSA) is 56.0 Å². The average molecular weight is 148 g/mol. The van der Waals surface area contributed by atoms with Crippen molar-refractivity contribution in [3.63, 3.8) is 0 Å². The van der Waals surface area contributed by atoms with Crippen molar-refractivity contribution in [1.82, 2.24) is 4.98 Å². The Labute approximate surface area is 64.6 Å². The molecule has 0 saturated carbocycles. The van der Waals surface area contributed by atoms with Crippen molar-refractivity contribution in [1.29, 1.82) is 0 Å². The third kappa shape index (κ3) is 1.64. The molecule has 0 atom stereocenters. The van der Waals surface area contributed by atoms with Gasteiger partial charge in [-0.2, -0.15) is 0 Å². The number of aromatic nitrogens is 1. The van der Waals surface area contributed by atoms with E-state index in [-0.39, 0.29) is 11.5 Å². The Kier molecular flexibility index (Phi) is 2.01. The number of carbonyl (C=O) groups excluding carboxylic acids is 1. The van der Waals surface area contributed by atoms with Gasteiger partial charge < -0.3 is 5.73 Å². The van der Waals surface area contributed by atoms with Gasteiger partial charge in [-0.25, -0.2) is 0 Å². The summed E-state index contributed by atoms with van der Waals surface area (Å²) in [7, 11) is 0. The molecule has 0 amide bonds. The third-order valence-electron chi connectivity index (χ3n) is 1.19. The number of Topliss-reactive ketones (excluding diaryl/α,β-unsaturated/α-hetero) is 1. The van der Waals surface area contributed by atoms with Crippen LogP contribution in [0.1, 0.15) is 10.5 Å². The van der Waals surface area contributed by atoms with Gasteiger partial charge in [0.1, 0.15) is 5.69 Å². The van der Waals surface area contributed by atoms with E-state index in [0.29, 0.717) is 5.69 Å². The molecule has 0 spiro atoms. The van der Waals surface area contributed by atoms with Crippen LogP contribution in [-0.4, -0.2) is 10.8 Å². The molecular weight excluding hydrogens is 140 g/mol. The predicted molar refractivity (Wildman–Crippen MR) is 41.9 cm³/mol. The smallest absolute Gasteiger partial charge is 0.226 e. The van der Waals surface area contributed by atoms with Crippen LogP contribution in [-0.2, 0) is 0 Å². The van der Waals surface area contributed by atoms with Crippen molar-refractivity contribution in [2.75, 3.05) is 0 Å². The Morgan fingerprint density at radius 3 is 2.73 bits per heavy atom. The number of rotatable bonds is 2. The molecule has 0 aliphatic heterocycles. The predicted octanol–water partition coefficient (Wildman–Crippen LogP) is 0.737. The van der Waals surface area contributed by atoms with Crippen LogP contribution < -0.4 is 5.73 Å². The van der Waals surface area contributed by atoms with Gasteiger partial charge in [-0.15, -0.1) is 0 Å². The Balaban J connectivity index is 2.95. The molecule has 0 unspecified atom stereocenters. The fraction of sp³-hybridized carbons (Fsp3) is 0. The van der Waals surface area contributed by atoms with E-state index in [1.807, 2.05) is 0 Å². The molecule has 0 fully saturated rings. The van der Waals surface area contributed by atoms with E-state index in [2.05, 4.69) is 11.6 Å². The van der Waals surface area contributed by atoms with Crippen molar-refractivity contribution in [3.05, 3.63) is 42.4 Å². The highest BCUT2D eigenvalue weighted by Crippen LogP contribution is 1.97. The summed E-state index contributed by atoms with van der Waals surface area (Å²) >= 11 is 0. The number of pyridine rings is 1. The molecule has 1 heterocycles. The maximum Gasteiger partial charge on any atom is 0.226 e. The Hall–Kier alpha value is -1.64. The number of hydrogen-bond acceptors (Lipinski definition) is 3. The molecule has 3 nitrogen and oxygen atoms in total. The largest absolute Gasteiger partial charge is 0.396 e. The van der Waals surface area contributed by atoms with Crippen LogP contribution in [0.2, 0.25) is 0 Å². The zero-order valence-corrected chi connectivity index (χ0v) is 5.95. The summed E-state index contributed by atoms with van der Waals surface area (Å²) in [6.45, 7) is 3.32. The van der Waals surface area contributed by atoms with E-state index in [4.69, 9.17) is 5.73 Å². The van der Waals surface area contributed by atoms with Gasteiger partial charge in [0, 0.05) is 6.20 Å². The third-order valence-corrected chi connectivity index (χ3v) is 1.19. The van der Waals surface area contributed by atoms with Crippen LogP contribution in [0.25, 0.3) is 0 Å². The number of nitrogens with zero attached hydrogens (tertiary/aromatic N) is 1. The highest BCUT2D eigenvalue weighted by Gasteiger charge is 2.06. The summed E-state index contributed by atoms with van der Waals surface area (Å²) in [6.07, 6.45) is 1.54. The monoisotopic (exact) mass is 148 g/mol. The first-order valence-corrected chi connectivity index (χ1v) is 3.12. The van der Waals surface area contributed by atoms with Gasteiger partial charge >= 0.3 is 0 Å². The van der Waals surface area contributed by atoms with Crippen molar-refractivity contribution < 1.29 is 4.79 Å². The lowest BCUT2D eigenvalue weighted by atomic mass is 10.2. The quantitative estimate of drug-likeness (QED) is 0.497. The molecule has 1 rings (SSSR count). The molecule has 11 heavy (non-hydrogen) atoms. The van der Waals surface area contributed by atoms with E-state index in [1.54, 1.807) is 18.2 Å². The van der Waals surface area contributed by atoms with Crippen molar-refractivity contribution >= 4 is 5.78 Å². The molecule has 0 bridgehead atoms. The van der Waals surface area contributed by atoms with Gasteiger partial charge in [-0.3, -0.25) is 9.78 Å². The van der Waals surface area contributed by atoms with Crippen LogP contribution in [0, 0.1) is 0 Å². The molecule has 1 aromatic heterocycles. The van der Waals surface area contributed by atoms with Gasteiger partial charge in [0.2, 0.25) is 5.78 Å². The second-order valence-corrected chi connectivity index (χ2v) is 2.07. The fourth-order valence-electron chi connectivity index (χ4n) is 0.662. The number of nitrogens with two attached hydrogens (primary N) is 1. The molecule has 1 aromatic rings. The summed E-state index contributed by atoms with van der Waals surface area (Å²) in [6, 6.07) is 5.06. The van der Waals surface area contributed by atoms with Crippen LogP contribution in [0.3, 0.4) is 0 Å². The summed E-state index contributed by atoms with van der Waals surface area (Å²) in [5, 5.41) is 0. The Morgan fingerprint density at radius 1 is 1.55 bits per heavy atom. The maximum absolute atomic E-state index is 11.1. The highest BCUT2D eigenvalue weighted by atomic mass is 16.1. The summed E-state index contributed by atoms with van der Waals surface area (Å²) < 4.78 is 0. The molecule has 3 heteroatoms. The van der Waals surface area contributed by atoms with Crippen LogP contribution in [0.4, 0.5) is 0 Å². The van der Waals surface area contributed by atoms with Gasteiger partial charge in [0.25, 0.3) is 0 Å². The van der Waals surface area contributed by atoms with Gasteiger partial charge in [0.15, 0.2) is 0 Å². The van der Waals surface area contributed by atoms with Crippen LogP contribution in [0.15, 0.2) is 36.7 Å². The molecule has 0 aliphatic rings. The second kappa shape index (κ2) is 2.96. The normalized spacial score (nSPS) is 9.09. The lowest BCUT2D eigenvalue weighted by Gasteiger charge is -1.95. The van der Waals surface area contributed by atoms with Crippen LogP contribution >= 0.6 is 0 Å². The van der Waals surface area contributed by atoms with E-state index in [1.165, 1.54) is 6.20 Å². The molecule has 0 saturated heterocycles. The van der Waals surface area contributed by atoms with E-state index < -0.39 is 0 Å². The van der Waals surface area contributed by atoms with Crippen molar-refractivity contribution in [2.45, 2.75) is 0 Å². The van der Waals surface area contributed by atoms with Gasteiger partial charge in [0.05, 0.1) is 5.70 Å². The summed E-state index contributed by atoms with van der Waals surface area (Å²) in [4.78, 5) is 14.9. The first-order chi connectivity index (χ1) is 5.22. The Bertz CT molecular complexity index is 279. The lowest BCUT2D eigenvalue weighted by Crippen LogP contribution is -2.11. The highest BCUT2D eigenvalue weighted by molar-refractivity contribution is 6.06. The zero-order chi connectivity index (χ0) is 8.27. The number of ketones is 1. The van der Waals surface area contributed by atoms with E-state index >= 15 is 0 Å². The molecule has 0 aliphatic carbocycles. The Morgan fingerprint density at radius 2 is 2.27 bits per heavy atom. The van der Waals surface area contributed by atoms with E-state index in [0.717, 1.165) is 0 Å². The van der Waals surface area contributed by atoms with E-state index in [9.17, 15) is 4.79 Å². The maximum atomic E-state index is 11.1. The van der Waals surface area contributed by atoms with Crippen molar-refractivity contribution in [3.8, 4) is 0 Å².